The molecule has 22 heavy (non-hydrogen) atoms. The van der Waals surface area contributed by atoms with E-state index >= 15 is 0 Å². The molecule has 114 valence electrons. The molecule has 1 aromatic carbocycles. The zero-order chi connectivity index (χ0) is 16.1. The Balaban J connectivity index is 2.65. The van der Waals surface area contributed by atoms with Crippen molar-refractivity contribution >= 4 is 5.97 Å². The minimum absolute atomic E-state index is 0.0314. The number of hydrogen-bond donors (Lipinski definition) is 1. The van der Waals surface area contributed by atoms with E-state index in [1.54, 1.807) is 0 Å². The molecule has 0 radical (unpaired) electrons. The first-order chi connectivity index (χ1) is 10.6. The number of allylic oxidation sites excluding steroid dienone is 1. The Bertz CT molecular complexity index is 671. The maximum Gasteiger partial charge on any atom is 0.338 e. The monoisotopic (exact) mass is 300 g/mol. The number of nitriles is 1. The molecule has 0 amide bonds. The van der Waals surface area contributed by atoms with Crippen LogP contribution in [0.5, 0.6) is 0 Å². The van der Waals surface area contributed by atoms with Crippen molar-refractivity contribution < 1.29 is 19.0 Å². The van der Waals surface area contributed by atoms with E-state index in [4.69, 9.17) is 19.9 Å². The Labute approximate surface area is 128 Å². The topological polar surface area (TPSA) is 94.6 Å². The number of methoxy groups -OCH3 is 2. The highest BCUT2D eigenvalue weighted by Gasteiger charge is 2.37. The average Bonchev–Trinajstić information content (AvgIpc) is 2.54. The molecule has 2 N–H and O–H groups in total. The van der Waals surface area contributed by atoms with Crippen molar-refractivity contribution in [2.75, 3.05) is 20.8 Å². The van der Waals surface area contributed by atoms with Gasteiger partial charge in [0.1, 0.15) is 24.0 Å². The maximum atomic E-state index is 12.2. The van der Waals surface area contributed by atoms with Crippen LogP contribution < -0.4 is 5.73 Å². The van der Waals surface area contributed by atoms with E-state index in [9.17, 15) is 10.1 Å². The lowest BCUT2D eigenvalue weighted by atomic mass is 9.83. The molecule has 1 aliphatic rings. The fourth-order valence-corrected chi connectivity index (χ4v) is 2.37. The van der Waals surface area contributed by atoms with Gasteiger partial charge in [-0.3, -0.25) is 0 Å². The van der Waals surface area contributed by atoms with Crippen molar-refractivity contribution in [3.05, 3.63) is 58.7 Å². The van der Waals surface area contributed by atoms with E-state index in [1.165, 1.54) is 14.2 Å². The number of benzene rings is 1. The summed E-state index contributed by atoms with van der Waals surface area (Å²) in [5, 5.41) is 9.41. The fraction of sp³-hybridized carbons (Fsp3) is 0.250. The van der Waals surface area contributed by atoms with Crippen LogP contribution in [-0.2, 0) is 19.0 Å². The minimum atomic E-state index is -0.641. The van der Waals surface area contributed by atoms with Crippen LogP contribution in [0, 0.1) is 11.3 Å². The van der Waals surface area contributed by atoms with Crippen LogP contribution in [0.25, 0.3) is 0 Å². The predicted molar refractivity (Wildman–Crippen MR) is 78.0 cm³/mol. The van der Waals surface area contributed by atoms with Gasteiger partial charge in [-0.1, -0.05) is 30.3 Å². The van der Waals surface area contributed by atoms with Gasteiger partial charge >= 0.3 is 5.97 Å². The zero-order valence-electron chi connectivity index (χ0n) is 12.3. The lowest BCUT2D eigenvalue weighted by molar-refractivity contribution is -0.136. The summed E-state index contributed by atoms with van der Waals surface area (Å²) in [7, 11) is 2.75. The van der Waals surface area contributed by atoms with Crippen LogP contribution in [0.4, 0.5) is 0 Å². The summed E-state index contributed by atoms with van der Waals surface area (Å²) < 4.78 is 15.3. The molecule has 1 aromatic rings. The first-order valence-electron chi connectivity index (χ1n) is 6.56. The summed E-state index contributed by atoms with van der Waals surface area (Å²) >= 11 is 0. The number of nitrogens with zero attached hydrogens (tertiary/aromatic N) is 1. The quantitative estimate of drug-likeness (QED) is 0.848. The Hall–Kier alpha value is -2.78. The molecule has 0 bridgehead atoms. The summed E-state index contributed by atoms with van der Waals surface area (Å²) in [5.74, 6) is -1.01. The summed E-state index contributed by atoms with van der Waals surface area (Å²) in [6.07, 6.45) is 0. The average molecular weight is 300 g/mol. The van der Waals surface area contributed by atoms with Gasteiger partial charge in [0, 0.05) is 7.11 Å². The van der Waals surface area contributed by atoms with Crippen molar-refractivity contribution in [2.45, 2.75) is 5.92 Å². The summed E-state index contributed by atoms with van der Waals surface area (Å²) in [5.41, 5.74) is 6.98. The van der Waals surface area contributed by atoms with Crippen LogP contribution in [0.2, 0.25) is 0 Å². The van der Waals surface area contributed by atoms with Gasteiger partial charge in [-0.15, -0.1) is 0 Å². The second-order valence-corrected chi connectivity index (χ2v) is 4.60. The van der Waals surface area contributed by atoms with Crippen LogP contribution in [0.1, 0.15) is 11.5 Å². The maximum absolute atomic E-state index is 12.2. The number of nitrogens with two attached hydrogens (primary N) is 1. The molecule has 1 heterocycles. The van der Waals surface area contributed by atoms with Crippen molar-refractivity contribution in [3.63, 3.8) is 0 Å². The van der Waals surface area contributed by atoms with Crippen LogP contribution in [0.3, 0.4) is 0 Å². The molecule has 1 aliphatic heterocycles. The fourth-order valence-electron chi connectivity index (χ4n) is 2.37. The first kappa shape index (κ1) is 15.6. The third kappa shape index (κ3) is 2.80. The molecular formula is C16H16N2O4. The highest BCUT2D eigenvalue weighted by atomic mass is 16.5. The molecule has 6 nitrogen and oxygen atoms in total. The van der Waals surface area contributed by atoms with Crippen molar-refractivity contribution in [2.24, 2.45) is 5.73 Å². The molecule has 0 spiro atoms. The second kappa shape index (κ2) is 6.78. The normalized spacial score (nSPS) is 17.8. The number of carbonyl (C=O) groups excluding carboxylic acids is 1. The van der Waals surface area contributed by atoms with Crippen molar-refractivity contribution in [3.8, 4) is 6.07 Å². The van der Waals surface area contributed by atoms with Gasteiger partial charge in [-0.25, -0.2) is 4.79 Å². The Morgan fingerprint density at radius 1 is 1.36 bits per heavy atom. The van der Waals surface area contributed by atoms with Crippen LogP contribution in [0.15, 0.2) is 53.1 Å². The zero-order valence-corrected chi connectivity index (χ0v) is 12.3. The van der Waals surface area contributed by atoms with E-state index in [0.29, 0.717) is 0 Å². The van der Waals surface area contributed by atoms with Crippen LogP contribution in [-0.4, -0.2) is 26.8 Å². The molecule has 0 fully saturated rings. The molecule has 1 unspecified atom stereocenters. The third-order valence-electron chi connectivity index (χ3n) is 3.31. The second-order valence-electron chi connectivity index (χ2n) is 4.60. The molecule has 0 saturated carbocycles. The Morgan fingerprint density at radius 2 is 2.05 bits per heavy atom. The molecule has 0 aromatic heterocycles. The highest BCUT2D eigenvalue weighted by molar-refractivity contribution is 5.92. The van der Waals surface area contributed by atoms with Gasteiger partial charge < -0.3 is 19.9 Å². The Morgan fingerprint density at radius 3 is 2.59 bits per heavy atom. The van der Waals surface area contributed by atoms with E-state index in [2.05, 4.69) is 0 Å². The smallest absolute Gasteiger partial charge is 0.338 e. The summed E-state index contributed by atoms with van der Waals surface area (Å²) in [6.45, 7) is 0.0488. The Kier molecular flexibility index (Phi) is 4.81. The number of esters is 1. The lowest BCUT2D eigenvalue weighted by Gasteiger charge is -2.27. The molecule has 1 atom stereocenters. The van der Waals surface area contributed by atoms with Gasteiger partial charge in [0.15, 0.2) is 0 Å². The van der Waals surface area contributed by atoms with Gasteiger partial charge in [-0.2, -0.15) is 5.26 Å². The molecule has 2 rings (SSSR count). The standard InChI is InChI=1S/C16H16N2O4/c1-20-9-12-14(16(19)21-2)13(10-6-4-3-5-7-10)11(8-17)15(18)22-12/h3-7,13H,9,18H2,1-2H3. The lowest BCUT2D eigenvalue weighted by Crippen LogP contribution is -2.27. The van der Waals surface area contributed by atoms with E-state index in [1.807, 2.05) is 36.4 Å². The van der Waals surface area contributed by atoms with E-state index < -0.39 is 11.9 Å². The minimum Gasteiger partial charge on any atom is -0.466 e. The largest absolute Gasteiger partial charge is 0.466 e. The number of rotatable bonds is 4. The highest BCUT2D eigenvalue weighted by Crippen LogP contribution is 2.39. The number of hydrogen-bond acceptors (Lipinski definition) is 6. The van der Waals surface area contributed by atoms with Crippen LogP contribution >= 0.6 is 0 Å². The number of ether oxygens (including phenoxy) is 3. The first-order valence-corrected chi connectivity index (χ1v) is 6.56. The van der Waals surface area contributed by atoms with Crippen molar-refractivity contribution in [1.82, 2.24) is 0 Å². The summed E-state index contributed by atoms with van der Waals surface area (Å²) in [6, 6.07) is 11.1. The SMILES string of the molecule is COCC1=C(C(=O)OC)C(c2ccccc2)C(C#N)=C(N)O1. The molecule has 6 heteroatoms. The van der Waals surface area contributed by atoms with E-state index in [0.717, 1.165) is 5.56 Å². The predicted octanol–water partition coefficient (Wildman–Crippen LogP) is 1.57. The third-order valence-corrected chi connectivity index (χ3v) is 3.31. The van der Waals surface area contributed by atoms with Gasteiger partial charge in [0.2, 0.25) is 5.88 Å². The van der Waals surface area contributed by atoms with Gasteiger partial charge in [0.25, 0.3) is 0 Å². The van der Waals surface area contributed by atoms with Gasteiger partial charge in [-0.05, 0) is 5.56 Å². The van der Waals surface area contributed by atoms with Crippen molar-refractivity contribution in [1.29, 1.82) is 5.26 Å². The summed E-state index contributed by atoms with van der Waals surface area (Å²) in [4.78, 5) is 12.2. The molecule has 0 aliphatic carbocycles. The molecule has 0 saturated heterocycles. The number of carbonyl (C=O) groups is 1. The van der Waals surface area contributed by atoms with E-state index in [-0.39, 0.29) is 29.4 Å². The molecular weight excluding hydrogens is 284 g/mol. The van der Waals surface area contributed by atoms with Gasteiger partial charge in [0.05, 0.1) is 18.6 Å².